The Morgan fingerprint density at radius 2 is 2.00 bits per heavy atom. The standard InChI is InChI=1S/C14H20O3/c1-3-16-14(15)11-12(2)17-10-9-13-7-5-4-6-8-13/h4-8,12H,3,9-11H2,1-2H3. The molecule has 0 aromatic heterocycles. The summed E-state index contributed by atoms with van der Waals surface area (Å²) < 4.78 is 10.4. The lowest BCUT2D eigenvalue weighted by Crippen LogP contribution is -2.17. The predicted molar refractivity (Wildman–Crippen MR) is 66.8 cm³/mol. The Balaban J connectivity index is 2.16. The van der Waals surface area contributed by atoms with Crippen LogP contribution in [0.4, 0.5) is 0 Å². The molecule has 0 fully saturated rings. The van der Waals surface area contributed by atoms with Crippen LogP contribution in [0.2, 0.25) is 0 Å². The van der Waals surface area contributed by atoms with Crippen molar-refractivity contribution >= 4 is 5.97 Å². The average molecular weight is 236 g/mol. The van der Waals surface area contributed by atoms with Gasteiger partial charge in [-0.3, -0.25) is 4.79 Å². The maximum Gasteiger partial charge on any atom is 0.308 e. The lowest BCUT2D eigenvalue weighted by atomic mass is 10.2. The third-order valence-electron chi connectivity index (χ3n) is 2.40. The molecule has 0 N–H and O–H groups in total. The highest BCUT2D eigenvalue weighted by molar-refractivity contribution is 5.69. The van der Waals surface area contributed by atoms with Crippen molar-refractivity contribution in [2.24, 2.45) is 0 Å². The van der Waals surface area contributed by atoms with Crippen LogP contribution >= 0.6 is 0 Å². The van der Waals surface area contributed by atoms with E-state index in [1.807, 2.05) is 25.1 Å². The maximum absolute atomic E-state index is 11.2. The van der Waals surface area contributed by atoms with Crippen molar-refractivity contribution < 1.29 is 14.3 Å². The first-order chi connectivity index (χ1) is 8.22. The van der Waals surface area contributed by atoms with Gasteiger partial charge in [0.25, 0.3) is 0 Å². The van der Waals surface area contributed by atoms with Gasteiger partial charge in [0.1, 0.15) is 0 Å². The molecule has 3 nitrogen and oxygen atoms in total. The highest BCUT2D eigenvalue weighted by atomic mass is 16.5. The van der Waals surface area contributed by atoms with Crippen molar-refractivity contribution in [2.45, 2.75) is 32.8 Å². The van der Waals surface area contributed by atoms with Crippen LogP contribution in [0, 0.1) is 0 Å². The largest absolute Gasteiger partial charge is 0.466 e. The van der Waals surface area contributed by atoms with E-state index in [0.717, 1.165) is 6.42 Å². The van der Waals surface area contributed by atoms with E-state index in [1.165, 1.54) is 5.56 Å². The van der Waals surface area contributed by atoms with Crippen molar-refractivity contribution in [1.82, 2.24) is 0 Å². The molecule has 0 amide bonds. The van der Waals surface area contributed by atoms with Gasteiger partial charge in [-0.25, -0.2) is 0 Å². The summed E-state index contributed by atoms with van der Waals surface area (Å²) >= 11 is 0. The number of carbonyl (C=O) groups excluding carboxylic acids is 1. The molecule has 0 radical (unpaired) electrons. The average Bonchev–Trinajstić information content (AvgIpc) is 2.30. The van der Waals surface area contributed by atoms with Crippen LogP contribution in [-0.4, -0.2) is 25.3 Å². The molecule has 1 rings (SSSR count). The third kappa shape index (κ3) is 6.07. The molecule has 0 aliphatic heterocycles. The molecular formula is C14H20O3. The summed E-state index contributed by atoms with van der Waals surface area (Å²) in [5.74, 6) is -0.195. The Morgan fingerprint density at radius 1 is 1.29 bits per heavy atom. The Hall–Kier alpha value is -1.35. The van der Waals surface area contributed by atoms with Crippen molar-refractivity contribution in [2.75, 3.05) is 13.2 Å². The molecule has 0 aliphatic rings. The lowest BCUT2D eigenvalue weighted by Gasteiger charge is -2.12. The summed E-state index contributed by atoms with van der Waals surface area (Å²) in [5, 5.41) is 0. The topological polar surface area (TPSA) is 35.5 Å². The van der Waals surface area contributed by atoms with E-state index in [2.05, 4.69) is 12.1 Å². The van der Waals surface area contributed by atoms with E-state index in [-0.39, 0.29) is 12.1 Å². The first-order valence-corrected chi connectivity index (χ1v) is 6.03. The number of ether oxygens (including phenoxy) is 2. The van der Waals surface area contributed by atoms with E-state index >= 15 is 0 Å². The summed E-state index contributed by atoms with van der Waals surface area (Å²) in [7, 11) is 0. The van der Waals surface area contributed by atoms with Crippen molar-refractivity contribution in [3.8, 4) is 0 Å². The van der Waals surface area contributed by atoms with Gasteiger partial charge in [-0.1, -0.05) is 30.3 Å². The summed E-state index contributed by atoms with van der Waals surface area (Å²) in [4.78, 5) is 11.2. The maximum atomic E-state index is 11.2. The Morgan fingerprint density at radius 3 is 2.65 bits per heavy atom. The molecule has 0 saturated carbocycles. The van der Waals surface area contributed by atoms with E-state index in [4.69, 9.17) is 9.47 Å². The van der Waals surface area contributed by atoms with Gasteiger partial charge in [-0.15, -0.1) is 0 Å². The number of esters is 1. The Labute approximate surface area is 103 Å². The SMILES string of the molecule is CCOC(=O)CC(C)OCCc1ccccc1. The number of carbonyl (C=O) groups is 1. The summed E-state index contributed by atoms with van der Waals surface area (Å²) in [6, 6.07) is 10.2. The molecule has 0 spiro atoms. The molecule has 3 heteroatoms. The van der Waals surface area contributed by atoms with Crippen LogP contribution in [0.5, 0.6) is 0 Å². The third-order valence-corrected chi connectivity index (χ3v) is 2.40. The Bertz CT molecular complexity index is 321. The summed E-state index contributed by atoms with van der Waals surface area (Å²) in [6.07, 6.45) is 1.11. The summed E-state index contributed by atoms with van der Waals surface area (Å²) in [5.41, 5.74) is 1.25. The quantitative estimate of drug-likeness (QED) is 0.683. The highest BCUT2D eigenvalue weighted by Gasteiger charge is 2.09. The second-order valence-electron chi connectivity index (χ2n) is 3.93. The monoisotopic (exact) mass is 236 g/mol. The Kier molecular flexibility index (Phi) is 6.33. The van der Waals surface area contributed by atoms with Crippen LogP contribution in [0.1, 0.15) is 25.8 Å². The van der Waals surface area contributed by atoms with Gasteiger partial charge in [0, 0.05) is 0 Å². The number of hydrogen-bond donors (Lipinski definition) is 0. The first-order valence-electron chi connectivity index (χ1n) is 6.03. The molecule has 0 aliphatic carbocycles. The van der Waals surface area contributed by atoms with Crippen LogP contribution in [0.15, 0.2) is 30.3 Å². The molecule has 1 unspecified atom stereocenters. The van der Waals surface area contributed by atoms with Gasteiger partial charge in [0.05, 0.1) is 25.7 Å². The normalized spacial score (nSPS) is 12.1. The van der Waals surface area contributed by atoms with E-state index in [1.54, 1.807) is 6.92 Å². The zero-order valence-electron chi connectivity index (χ0n) is 10.5. The smallest absolute Gasteiger partial charge is 0.308 e. The van der Waals surface area contributed by atoms with Crippen molar-refractivity contribution in [1.29, 1.82) is 0 Å². The number of rotatable bonds is 7. The van der Waals surface area contributed by atoms with E-state index in [0.29, 0.717) is 19.6 Å². The molecule has 0 heterocycles. The van der Waals surface area contributed by atoms with Gasteiger partial charge >= 0.3 is 5.97 Å². The van der Waals surface area contributed by atoms with Gasteiger partial charge in [-0.05, 0) is 25.8 Å². The zero-order valence-corrected chi connectivity index (χ0v) is 10.5. The van der Waals surface area contributed by atoms with Crippen LogP contribution in [0.25, 0.3) is 0 Å². The molecule has 0 saturated heterocycles. The minimum atomic E-state index is -0.195. The van der Waals surface area contributed by atoms with Crippen molar-refractivity contribution in [3.05, 3.63) is 35.9 Å². The molecule has 94 valence electrons. The molecular weight excluding hydrogens is 216 g/mol. The fourth-order valence-electron chi connectivity index (χ4n) is 1.54. The molecule has 1 atom stereocenters. The minimum absolute atomic E-state index is 0.0854. The predicted octanol–water partition coefficient (Wildman–Crippen LogP) is 2.59. The second-order valence-corrected chi connectivity index (χ2v) is 3.93. The molecule has 1 aromatic rings. The van der Waals surface area contributed by atoms with E-state index < -0.39 is 0 Å². The van der Waals surface area contributed by atoms with Gasteiger partial charge in [0.15, 0.2) is 0 Å². The van der Waals surface area contributed by atoms with Gasteiger partial charge in [0.2, 0.25) is 0 Å². The van der Waals surface area contributed by atoms with Gasteiger partial charge < -0.3 is 9.47 Å². The second kappa shape index (κ2) is 7.85. The summed E-state index contributed by atoms with van der Waals surface area (Å²) in [6.45, 7) is 4.75. The molecule has 17 heavy (non-hydrogen) atoms. The number of benzene rings is 1. The van der Waals surface area contributed by atoms with Crippen LogP contribution in [0.3, 0.4) is 0 Å². The van der Waals surface area contributed by atoms with Crippen LogP contribution < -0.4 is 0 Å². The molecule has 1 aromatic carbocycles. The molecule has 0 bridgehead atoms. The fourth-order valence-corrected chi connectivity index (χ4v) is 1.54. The fraction of sp³-hybridized carbons (Fsp3) is 0.500. The van der Waals surface area contributed by atoms with Crippen LogP contribution in [-0.2, 0) is 20.7 Å². The van der Waals surface area contributed by atoms with Crippen molar-refractivity contribution in [3.63, 3.8) is 0 Å². The van der Waals surface area contributed by atoms with E-state index in [9.17, 15) is 4.79 Å². The number of hydrogen-bond acceptors (Lipinski definition) is 3. The first kappa shape index (κ1) is 13.7. The van der Waals surface area contributed by atoms with Gasteiger partial charge in [-0.2, -0.15) is 0 Å². The highest BCUT2D eigenvalue weighted by Crippen LogP contribution is 2.03. The lowest BCUT2D eigenvalue weighted by molar-refractivity contribution is -0.145. The zero-order chi connectivity index (χ0) is 12.5. The minimum Gasteiger partial charge on any atom is -0.466 e.